The second-order valence-electron chi connectivity index (χ2n) is 9.99. The molecule has 0 atom stereocenters. The van der Waals surface area contributed by atoms with Crippen LogP contribution in [0.3, 0.4) is 0 Å². The molecule has 3 aromatic rings. The summed E-state index contributed by atoms with van der Waals surface area (Å²) in [7, 11) is 5.74. The molecule has 0 spiro atoms. The first-order chi connectivity index (χ1) is 19.4. The van der Waals surface area contributed by atoms with Crippen LogP contribution < -0.4 is 25.2 Å². The lowest BCUT2D eigenvalue weighted by molar-refractivity contribution is -0.115. The van der Waals surface area contributed by atoms with Gasteiger partial charge < -0.3 is 19.9 Å². The van der Waals surface area contributed by atoms with Gasteiger partial charge in [0.05, 0.1) is 29.1 Å². The van der Waals surface area contributed by atoms with Gasteiger partial charge in [-0.15, -0.1) is 0 Å². The van der Waals surface area contributed by atoms with Gasteiger partial charge in [-0.1, -0.05) is 12.1 Å². The third-order valence-corrected chi connectivity index (χ3v) is 7.83. The normalized spacial score (nSPS) is 16.9. The molecule has 11 heteroatoms. The Labute approximate surface area is 238 Å². The quantitative estimate of drug-likeness (QED) is 0.374. The van der Waals surface area contributed by atoms with Crippen molar-refractivity contribution in [3.63, 3.8) is 0 Å². The number of piperidine rings is 1. The molecule has 1 aromatic carbocycles. The number of thioether (sulfide) groups is 1. The molecular formula is C29H33N7O3S. The van der Waals surface area contributed by atoms with E-state index in [9.17, 15) is 9.59 Å². The highest BCUT2D eigenvalue weighted by atomic mass is 32.2. The zero-order valence-corrected chi connectivity index (χ0v) is 23.7. The number of nitrogens with zero attached hydrogens (tertiary/aromatic N) is 5. The number of benzene rings is 1. The van der Waals surface area contributed by atoms with E-state index in [-0.39, 0.29) is 11.1 Å². The number of carbonyl (C=O) groups is 2. The van der Waals surface area contributed by atoms with Gasteiger partial charge in [-0.25, -0.2) is 15.0 Å². The number of hydrogen-bond donors (Lipinski definition) is 2. The molecule has 4 heterocycles. The molecule has 0 unspecified atom stereocenters. The highest BCUT2D eigenvalue weighted by Gasteiger charge is 2.26. The maximum atomic E-state index is 11.8. The lowest BCUT2D eigenvalue weighted by Gasteiger charge is -2.32. The fraction of sp³-hybridized carbons (Fsp3) is 0.345. The number of imide groups is 1. The van der Waals surface area contributed by atoms with Crippen molar-refractivity contribution in [3.8, 4) is 17.0 Å². The maximum absolute atomic E-state index is 11.8. The van der Waals surface area contributed by atoms with Crippen molar-refractivity contribution in [1.29, 1.82) is 0 Å². The van der Waals surface area contributed by atoms with Gasteiger partial charge >= 0.3 is 0 Å². The molecule has 0 aliphatic carbocycles. The molecule has 0 saturated carbocycles. The molecule has 0 radical (unpaired) electrons. The van der Waals surface area contributed by atoms with Crippen LogP contribution in [0, 0.1) is 5.92 Å². The number of pyridine rings is 1. The minimum absolute atomic E-state index is 0.346. The summed E-state index contributed by atoms with van der Waals surface area (Å²) in [6.45, 7) is 3.20. The van der Waals surface area contributed by atoms with Crippen LogP contribution >= 0.6 is 11.8 Å². The molecule has 2 N–H and O–H groups in total. The predicted molar refractivity (Wildman–Crippen MR) is 158 cm³/mol. The monoisotopic (exact) mass is 559 g/mol. The van der Waals surface area contributed by atoms with Gasteiger partial charge in [-0.2, -0.15) is 0 Å². The number of methoxy groups -OCH3 is 1. The summed E-state index contributed by atoms with van der Waals surface area (Å²) in [5.74, 6) is 1.55. The topological polar surface area (TPSA) is 113 Å². The summed E-state index contributed by atoms with van der Waals surface area (Å²) in [4.78, 5) is 41.8. The molecule has 2 aromatic heterocycles. The Balaban J connectivity index is 1.16. The minimum atomic E-state index is -0.387. The molecule has 10 nitrogen and oxygen atoms in total. The molecule has 2 aliphatic heterocycles. The second kappa shape index (κ2) is 12.5. The zero-order chi connectivity index (χ0) is 28.1. The Hall–Kier alpha value is -3.96. The van der Waals surface area contributed by atoms with E-state index in [4.69, 9.17) is 9.72 Å². The van der Waals surface area contributed by atoms with Crippen molar-refractivity contribution in [2.24, 2.45) is 5.92 Å². The highest BCUT2D eigenvalue weighted by Crippen LogP contribution is 2.28. The molecular weight excluding hydrogens is 526 g/mol. The molecule has 208 valence electrons. The van der Waals surface area contributed by atoms with Gasteiger partial charge in [0.25, 0.3) is 11.1 Å². The van der Waals surface area contributed by atoms with E-state index in [1.54, 1.807) is 25.4 Å². The number of aromatic nitrogens is 3. The van der Waals surface area contributed by atoms with Gasteiger partial charge in [0.1, 0.15) is 5.75 Å². The SMILES string of the molecule is COc1ccc(-c2cccc(N(C)C)c2)nc1CNCC1CCN(c2nccc(/C=C3/SC(=O)NC3=O)n2)CC1. The molecule has 2 aliphatic rings. The summed E-state index contributed by atoms with van der Waals surface area (Å²) < 4.78 is 5.59. The Morgan fingerprint density at radius 2 is 1.98 bits per heavy atom. The number of amides is 2. The van der Waals surface area contributed by atoms with Crippen molar-refractivity contribution < 1.29 is 14.3 Å². The Bertz CT molecular complexity index is 1420. The predicted octanol–water partition coefficient (Wildman–Crippen LogP) is 3.94. The average Bonchev–Trinajstić information content (AvgIpc) is 3.29. The summed E-state index contributed by atoms with van der Waals surface area (Å²) >= 11 is 0.886. The number of ether oxygens (including phenoxy) is 1. The lowest BCUT2D eigenvalue weighted by atomic mass is 9.97. The van der Waals surface area contributed by atoms with Crippen molar-refractivity contribution >= 4 is 40.6 Å². The molecule has 2 fully saturated rings. The summed E-state index contributed by atoms with van der Waals surface area (Å²) in [6.07, 6.45) is 5.34. The lowest BCUT2D eigenvalue weighted by Crippen LogP contribution is -2.38. The van der Waals surface area contributed by atoms with Crippen LogP contribution in [-0.2, 0) is 11.3 Å². The fourth-order valence-corrected chi connectivity index (χ4v) is 5.45. The molecule has 2 amide bonds. The smallest absolute Gasteiger partial charge is 0.290 e. The van der Waals surface area contributed by atoms with E-state index in [0.717, 1.165) is 72.6 Å². The second-order valence-corrected chi connectivity index (χ2v) is 11.0. The van der Waals surface area contributed by atoms with Gasteiger partial charge in [-0.05, 0) is 73.5 Å². The first kappa shape index (κ1) is 27.6. The fourth-order valence-electron chi connectivity index (χ4n) is 4.79. The minimum Gasteiger partial charge on any atom is -0.495 e. The van der Waals surface area contributed by atoms with Crippen LogP contribution in [0.25, 0.3) is 17.3 Å². The number of anilines is 2. The van der Waals surface area contributed by atoms with E-state index < -0.39 is 0 Å². The van der Waals surface area contributed by atoms with Gasteiger partial charge in [0, 0.05) is 51.2 Å². The highest BCUT2D eigenvalue weighted by molar-refractivity contribution is 8.18. The molecule has 2 saturated heterocycles. The number of hydrogen-bond acceptors (Lipinski definition) is 10. The van der Waals surface area contributed by atoms with E-state index >= 15 is 0 Å². The van der Waals surface area contributed by atoms with Gasteiger partial charge in [0.15, 0.2) is 0 Å². The first-order valence-corrected chi connectivity index (χ1v) is 14.1. The van der Waals surface area contributed by atoms with E-state index in [1.807, 2.05) is 26.2 Å². The van der Waals surface area contributed by atoms with Crippen LogP contribution in [0.5, 0.6) is 5.75 Å². The molecule has 5 rings (SSSR count). The third-order valence-electron chi connectivity index (χ3n) is 7.02. The zero-order valence-electron chi connectivity index (χ0n) is 22.9. The van der Waals surface area contributed by atoms with Crippen LogP contribution in [-0.4, -0.2) is 66.9 Å². The molecule has 0 bridgehead atoms. The van der Waals surface area contributed by atoms with E-state index in [1.165, 1.54) is 0 Å². The van der Waals surface area contributed by atoms with Crippen LogP contribution in [0.4, 0.5) is 16.4 Å². The summed E-state index contributed by atoms with van der Waals surface area (Å²) in [5, 5.41) is 5.49. The van der Waals surface area contributed by atoms with Crippen molar-refractivity contribution in [3.05, 3.63) is 65.0 Å². The van der Waals surface area contributed by atoms with Crippen LogP contribution in [0.15, 0.2) is 53.6 Å². The van der Waals surface area contributed by atoms with Crippen molar-refractivity contribution in [2.45, 2.75) is 19.4 Å². The largest absolute Gasteiger partial charge is 0.495 e. The third kappa shape index (κ3) is 6.60. The van der Waals surface area contributed by atoms with E-state index in [2.05, 4.69) is 54.7 Å². The summed E-state index contributed by atoms with van der Waals surface area (Å²) in [6, 6.07) is 14.1. The van der Waals surface area contributed by atoms with Gasteiger partial charge in [0.2, 0.25) is 5.95 Å². The summed E-state index contributed by atoms with van der Waals surface area (Å²) in [5.41, 5.74) is 4.63. The number of rotatable bonds is 9. The van der Waals surface area contributed by atoms with Crippen molar-refractivity contribution in [1.82, 2.24) is 25.6 Å². The number of carbonyl (C=O) groups excluding carboxylic acids is 2. The van der Waals surface area contributed by atoms with Crippen LogP contribution in [0.2, 0.25) is 0 Å². The van der Waals surface area contributed by atoms with E-state index in [0.29, 0.717) is 29.0 Å². The molecule has 40 heavy (non-hydrogen) atoms. The standard InChI is InChI=1S/C29H33N7O3S/c1-35(2)22-6-4-5-20(15-22)23-7-8-25(39-3)24(33-23)18-30-17-19-10-13-36(14-11-19)28-31-12-9-21(32-28)16-26-27(37)34-29(38)40-26/h4-9,12,15-16,19,30H,10-11,13-14,17-18H2,1-3H3,(H,34,37,38)/b26-16+. The Morgan fingerprint density at radius 1 is 1.15 bits per heavy atom. The Kier molecular flexibility index (Phi) is 8.61. The average molecular weight is 560 g/mol. The maximum Gasteiger partial charge on any atom is 0.290 e. The first-order valence-electron chi connectivity index (χ1n) is 13.2. The Morgan fingerprint density at radius 3 is 2.70 bits per heavy atom. The number of nitrogens with one attached hydrogen (secondary N) is 2. The van der Waals surface area contributed by atoms with Crippen molar-refractivity contribution in [2.75, 3.05) is 50.6 Å². The van der Waals surface area contributed by atoms with Crippen LogP contribution in [0.1, 0.15) is 24.2 Å². The van der Waals surface area contributed by atoms with Gasteiger partial charge in [-0.3, -0.25) is 14.9 Å².